The van der Waals surface area contributed by atoms with Gasteiger partial charge in [0, 0.05) is 12.5 Å². The number of nitrogens with zero attached hydrogens (tertiary/aromatic N) is 2. The summed E-state index contributed by atoms with van der Waals surface area (Å²) in [6.07, 6.45) is 1.59. The highest BCUT2D eigenvalue weighted by Gasteiger charge is 2.69. The van der Waals surface area contributed by atoms with Gasteiger partial charge in [0.2, 0.25) is 11.8 Å². The molecule has 1 aliphatic carbocycles. The van der Waals surface area contributed by atoms with Crippen LogP contribution in [0.5, 0.6) is 5.75 Å². The van der Waals surface area contributed by atoms with Crippen LogP contribution in [0.25, 0.3) is 0 Å². The summed E-state index contributed by atoms with van der Waals surface area (Å²) in [5.41, 5.74) is 0.187. The molecule has 3 rings (SSSR count). The lowest BCUT2D eigenvalue weighted by molar-refractivity contribution is -0.139. The predicted molar refractivity (Wildman–Crippen MR) is 107 cm³/mol. The Balaban J connectivity index is 1.86. The maximum atomic E-state index is 13.3. The number of imide groups is 1. The van der Waals surface area contributed by atoms with Gasteiger partial charge in [-0.1, -0.05) is 33.8 Å². The van der Waals surface area contributed by atoms with E-state index in [1.807, 2.05) is 0 Å². The molecule has 1 aromatic rings. The number of anilines is 1. The summed E-state index contributed by atoms with van der Waals surface area (Å²) in [4.78, 5) is 41.7. The summed E-state index contributed by atoms with van der Waals surface area (Å²) in [7, 11) is 1.55. The van der Waals surface area contributed by atoms with E-state index >= 15 is 0 Å². The van der Waals surface area contributed by atoms with Gasteiger partial charge in [-0.3, -0.25) is 14.4 Å². The molecule has 28 heavy (non-hydrogen) atoms. The van der Waals surface area contributed by atoms with Gasteiger partial charge >= 0.3 is 0 Å². The van der Waals surface area contributed by atoms with Crippen LogP contribution >= 0.6 is 0 Å². The zero-order chi connectivity index (χ0) is 20.9. The Hall–Kier alpha value is -2.63. The molecule has 1 aromatic carbocycles. The zero-order valence-electron chi connectivity index (χ0n) is 17.2. The van der Waals surface area contributed by atoms with Crippen LogP contribution in [0.3, 0.4) is 0 Å². The van der Waals surface area contributed by atoms with Crippen molar-refractivity contribution < 1.29 is 19.1 Å². The van der Waals surface area contributed by atoms with Crippen LogP contribution in [0.1, 0.15) is 34.1 Å². The van der Waals surface area contributed by atoms with Crippen molar-refractivity contribution in [3.05, 3.63) is 36.9 Å². The number of carbonyl (C=O) groups is 3. The summed E-state index contributed by atoms with van der Waals surface area (Å²) in [5, 5.41) is 0. The summed E-state index contributed by atoms with van der Waals surface area (Å²) in [6.45, 7) is 12.2. The summed E-state index contributed by atoms with van der Waals surface area (Å²) >= 11 is 0. The van der Waals surface area contributed by atoms with Crippen molar-refractivity contribution in [2.24, 2.45) is 16.7 Å². The van der Waals surface area contributed by atoms with Crippen molar-refractivity contribution in [1.29, 1.82) is 0 Å². The number of rotatable bonds is 6. The lowest BCUT2D eigenvalue weighted by atomic mass is 10.0. The molecule has 2 aliphatic rings. The van der Waals surface area contributed by atoms with Crippen LogP contribution in [0.15, 0.2) is 36.9 Å². The molecule has 0 bridgehead atoms. The Bertz CT molecular complexity index is 811. The Morgan fingerprint density at radius 2 is 1.79 bits per heavy atom. The molecule has 2 fully saturated rings. The van der Waals surface area contributed by atoms with Crippen LogP contribution in [-0.4, -0.2) is 42.3 Å². The van der Waals surface area contributed by atoms with Crippen LogP contribution in [0.4, 0.5) is 5.69 Å². The maximum absolute atomic E-state index is 13.3. The van der Waals surface area contributed by atoms with Gasteiger partial charge in [-0.05, 0) is 35.1 Å². The average molecular weight is 384 g/mol. The van der Waals surface area contributed by atoms with E-state index in [9.17, 15) is 14.4 Å². The van der Waals surface area contributed by atoms with E-state index in [0.29, 0.717) is 11.4 Å². The average Bonchev–Trinajstić information content (AvgIpc) is 2.88. The first-order valence-corrected chi connectivity index (χ1v) is 9.50. The van der Waals surface area contributed by atoms with Gasteiger partial charge < -0.3 is 9.64 Å². The number of ether oxygens (including phenoxy) is 1. The molecule has 1 saturated carbocycles. The Morgan fingerprint density at radius 3 is 2.25 bits per heavy atom. The zero-order valence-corrected chi connectivity index (χ0v) is 17.2. The topological polar surface area (TPSA) is 66.9 Å². The van der Waals surface area contributed by atoms with Gasteiger partial charge in [0.25, 0.3) is 5.91 Å². The van der Waals surface area contributed by atoms with E-state index in [4.69, 9.17) is 4.74 Å². The normalized spacial score (nSPS) is 22.9. The number of hydrogen-bond acceptors (Lipinski definition) is 4. The highest BCUT2D eigenvalue weighted by Crippen LogP contribution is 2.68. The molecule has 6 nitrogen and oxygen atoms in total. The SMILES string of the molecule is C=CCN(C(=O)C1C(C)(C)C1(C)C)C1CC(=O)N(c2ccc(OC)cc2)C1=O. The highest BCUT2D eigenvalue weighted by molar-refractivity contribution is 6.23. The largest absolute Gasteiger partial charge is 0.497 e. The second kappa shape index (κ2) is 6.76. The van der Waals surface area contributed by atoms with E-state index in [0.717, 1.165) is 4.90 Å². The first kappa shape index (κ1) is 20.1. The molecular weight excluding hydrogens is 356 g/mol. The first-order chi connectivity index (χ1) is 13.1. The van der Waals surface area contributed by atoms with Gasteiger partial charge in [0.05, 0.1) is 19.2 Å². The minimum absolute atomic E-state index is 0.0159. The van der Waals surface area contributed by atoms with Crippen molar-refractivity contribution in [1.82, 2.24) is 4.90 Å². The molecule has 3 amide bonds. The summed E-state index contributed by atoms with van der Waals surface area (Å²) in [5.74, 6) is -0.311. The predicted octanol–water partition coefficient (Wildman–Crippen LogP) is 3.02. The standard InChI is InChI=1S/C22H28N2O4/c1-7-12-23(20(27)18-21(2,3)22(18,4)5)16-13-17(25)24(19(16)26)14-8-10-15(28-6)11-9-14/h7-11,16,18H,1,12-13H2,2-6H3. The van der Waals surface area contributed by atoms with Crippen molar-refractivity contribution in [2.45, 2.75) is 40.2 Å². The van der Waals surface area contributed by atoms with E-state index in [-0.39, 0.29) is 47.4 Å². The van der Waals surface area contributed by atoms with Gasteiger partial charge in [0.15, 0.2) is 0 Å². The number of amides is 3. The molecule has 0 radical (unpaired) electrons. The van der Waals surface area contributed by atoms with Gasteiger partial charge in [-0.15, -0.1) is 6.58 Å². The Kier molecular flexibility index (Phi) is 4.86. The van der Waals surface area contributed by atoms with E-state index in [1.54, 1.807) is 37.5 Å². The van der Waals surface area contributed by atoms with Crippen LogP contribution in [0, 0.1) is 16.7 Å². The minimum Gasteiger partial charge on any atom is -0.497 e. The van der Waals surface area contributed by atoms with E-state index in [1.165, 1.54) is 4.90 Å². The molecule has 1 heterocycles. The molecule has 1 aliphatic heterocycles. The molecular formula is C22H28N2O4. The molecule has 0 N–H and O–H groups in total. The van der Waals surface area contributed by atoms with Crippen molar-refractivity contribution in [2.75, 3.05) is 18.6 Å². The fourth-order valence-electron chi connectivity index (χ4n) is 4.35. The fraction of sp³-hybridized carbons (Fsp3) is 0.500. The van der Waals surface area contributed by atoms with Crippen LogP contribution in [-0.2, 0) is 14.4 Å². The second-order valence-electron chi connectivity index (χ2n) is 8.64. The lowest BCUT2D eigenvalue weighted by Crippen LogP contribution is -2.47. The first-order valence-electron chi connectivity index (χ1n) is 9.50. The third-order valence-corrected chi connectivity index (χ3v) is 6.71. The minimum atomic E-state index is -0.799. The van der Waals surface area contributed by atoms with E-state index < -0.39 is 6.04 Å². The number of methoxy groups -OCH3 is 1. The molecule has 1 unspecified atom stereocenters. The molecule has 0 spiro atoms. The number of carbonyl (C=O) groups excluding carboxylic acids is 3. The van der Waals surface area contributed by atoms with Crippen LogP contribution < -0.4 is 9.64 Å². The second-order valence-corrected chi connectivity index (χ2v) is 8.64. The Labute approximate surface area is 166 Å². The third kappa shape index (κ3) is 2.91. The van der Waals surface area contributed by atoms with Gasteiger partial charge in [-0.2, -0.15) is 0 Å². The van der Waals surface area contributed by atoms with Gasteiger partial charge in [0.1, 0.15) is 11.8 Å². The molecule has 6 heteroatoms. The molecule has 0 aromatic heterocycles. The van der Waals surface area contributed by atoms with Gasteiger partial charge in [-0.25, -0.2) is 4.90 Å². The number of benzene rings is 1. The maximum Gasteiger partial charge on any atom is 0.257 e. The molecule has 150 valence electrons. The van der Waals surface area contributed by atoms with Crippen molar-refractivity contribution in [3.63, 3.8) is 0 Å². The monoisotopic (exact) mass is 384 g/mol. The number of hydrogen-bond donors (Lipinski definition) is 0. The van der Waals surface area contributed by atoms with E-state index in [2.05, 4.69) is 34.3 Å². The summed E-state index contributed by atoms with van der Waals surface area (Å²) < 4.78 is 5.13. The van der Waals surface area contributed by atoms with Crippen LogP contribution in [0.2, 0.25) is 0 Å². The Morgan fingerprint density at radius 1 is 1.21 bits per heavy atom. The van der Waals surface area contributed by atoms with Crippen molar-refractivity contribution >= 4 is 23.4 Å². The molecule has 1 saturated heterocycles. The smallest absolute Gasteiger partial charge is 0.257 e. The van der Waals surface area contributed by atoms with Crippen molar-refractivity contribution in [3.8, 4) is 5.75 Å². The quantitative estimate of drug-likeness (QED) is 0.559. The molecule has 1 atom stereocenters. The lowest BCUT2D eigenvalue weighted by Gasteiger charge is -2.27. The fourth-order valence-corrected chi connectivity index (χ4v) is 4.35. The summed E-state index contributed by atoms with van der Waals surface area (Å²) in [6, 6.07) is 5.94. The highest BCUT2D eigenvalue weighted by atomic mass is 16.5. The third-order valence-electron chi connectivity index (χ3n) is 6.71.